The molecule has 0 radical (unpaired) electrons. The van der Waals surface area contributed by atoms with E-state index in [1.54, 1.807) is 37.3 Å². The minimum absolute atomic E-state index is 0.165. The fraction of sp³-hybridized carbons (Fsp3) is 0.0769. The quantitative estimate of drug-likeness (QED) is 0.838. The Balaban J connectivity index is 2.77. The first-order chi connectivity index (χ1) is 8.63. The van der Waals surface area contributed by atoms with Gasteiger partial charge >= 0.3 is 5.97 Å². The van der Waals surface area contributed by atoms with Gasteiger partial charge in [0, 0.05) is 11.3 Å². The van der Waals surface area contributed by atoms with E-state index in [2.05, 4.69) is 10.2 Å². The van der Waals surface area contributed by atoms with Gasteiger partial charge in [0.1, 0.15) is 5.56 Å². The summed E-state index contributed by atoms with van der Waals surface area (Å²) in [6.45, 7) is 1.69. The lowest BCUT2D eigenvalue weighted by molar-refractivity contribution is 0.0698. The van der Waals surface area contributed by atoms with Crippen LogP contribution in [-0.4, -0.2) is 16.1 Å². The fourth-order valence-corrected chi connectivity index (χ4v) is 1.78. The minimum Gasteiger partial charge on any atom is -0.478 e. The van der Waals surface area contributed by atoms with Crippen LogP contribution in [0.1, 0.15) is 16.1 Å². The number of rotatable bonds is 3. The molecule has 5 heteroatoms. The van der Waals surface area contributed by atoms with Crippen LogP contribution in [0.15, 0.2) is 41.6 Å². The summed E-state index contributed by atoms with van der Waals surface area (Å²) in [6.07, 6.45) is 0. The zero-order valence-corrected chi connectivity index (χ0v) is 9.62. The molecule has 1 aromatic heterocycles. The standard InChI is InChI=1S/C13H10N2O3/c1-8-7-10(9-5-3-2-4-6-9)11(13(16)17)12(14-8)15-18/h2-7H,1H3,(H,16,17). The fourth-order valence-electron chi connectivity index (χ4n) is 1.78. The predicted molar refractivity (Wildman–Crippen MR) is 66.8 cm³/mol. The van der Waals surface area contributed by atoms with E-state index in [1.165, 1.54) is 0 Å². The van der Waals surface area contributed by atoms with Gasteiger partial charge in [-0.15, -0.1) is 4.91 Å². The molecule has 1 N–H and O–H groups in total. The lowest BCUT2D eigenvalue weighted by Crippen LogP contribution is -2.02. The molecule has 1 heterocycles. The normalized spacial score (nSPS) is 10.1. The SMILES string of the molecule is Cc1cc(-c2ccccc2)c(C(=O)O)c(N=O)n1. The highest BCUT2D eigenvalue weighted by Crippen LogP contribution is 2.30. The van der Waals surface area contributed by atoms with E-state index >= 15 is 0 Å². The Hall–Kier alpha value is -2.56. The molecule has 90 valence electrons. The van der Waals surface area contributed by atoms with E-state index in [0.717, 1.165) is 0 Å². The van der Waals surface area contributed by atoms with Crippen molar-refractivity contribution < 1.29 is 9.90 Å². The molecule has 0 fully saturated rings. The van der Waals surface area contributed by atoms with Gasteiger partial charge in [-0.2, -0.15) is 0 Å². The van der Waals surface area contributed by atoms with Crippen LogP contribution in [0.25, 0.3) is 11.1 Å². The summed E-state index contributed by atoms with van der Waals surface area (Å²) < 4.78 is 0. The van der Waals surface area contributed by atoms with E-state index in [4.69, 9.17) is 0 Å². The number of carbonyl (C=O) groups is 1. The number of hydrogen-bond acceptors (Lipinski definition) is 4. The van der Waals surface area contributed by atoms with Crippen molar-refractivity contribution in [3.8, 4) is 11.1 Å². The van der Waals surface area contributed by atoms with Gasteiger partial charge in [0.05, 0.1) is 0 Å². The second-order valence-electron chi connectivity index (χ2n) is 3.77. The number of carboxylic acid groups (broad SMARTS) is 1. The van der Waals surface area contributed by atoms with Crippen molar-refractivity contribution in [2.75, 3.05) is 0 Å². The van der Waals surface area contributed by atoms with E-state index in [9.17, 15) is 14.8 Å². The van der Waals surface area contributed by atoms with Gasteiger partial charge in [-0.1, -0.05) is 30.3 Å². The number of nitrogens with zero attached hydrogens (tertiary/aromatic N) is 2. The first-order valence-corrected chi connectivity index (χ1v) is 5.27. The number of aromatic nitrogens is 1. The number of aromatic carboxylic acids is 1. The highest BCUT2D eigenvalue weighted by atomic mass is 16.4. The van der Waals surface area contributed by atoms with Crippen LogP contribution in [-0.2, 0) is 0 Å². The maximum atomic E-state index is 11.2. The second-order valence-corrected chi connectivity index (χ2v) is 3.77. The summed E-state index contributed by atoms with van der Waals surface area (Å²) in [5.41, 5.74) is 1.55. The number of carboxylic acids is 1. The number of aryl methyl sites for hydroxylation is 1. The molecular weight excluding hydrogens is 232 g/mol. The average molecular weight is 242 g/mol. The zero-order chi connectivity index (χ0) is 13.1. The van der Waals surface area contributed by atoms with E-state index in [-0.39, 0.29) is 11.4 Å². The number of hydrogen-bond donors (Lipinski definition) is 1. The molecular formula is C13H10N2O3. The molecule has 2 aromatic rings. The van der Waals surface area contributed by atoms with Crippen LogP contribution >= 0.6 is 0 Å². The Labute approximate surface area is 103 Å². The second kappa shape index (κ2) is 4.75. The summed E-state index contributed by atoms with van der Waals surface area (Å²) in [7, 11) is 0. The smallest absolute Gasteiger partial charge is 0.340 e. The molecule has 0 amide bonds. The summed E-state index contributed by atoms with van der Waals surface area (Å²) in [5.74, 6) is -1.50. The minimum atomic E-state index is -1.21. The molecule has 1 aromatic carbocycles. The molecule has 0 saturated carbocycles. The third-order valence-electron chi connectivity index (χ3n) is 2.51. The van der Waals surface area contributed by atoms with Crippen LogP contribution < -0.4 is 0 Å². The molecule has 0 spiro atoms. The highest BCUT2D eigenvalue weighted by Gasteiger charge is 2.19. The number of nitroso groups, excluding NO2 is 1. The van der Waals surface area contributed by atoms with Crippen LogP contribution in [0.2, 0.25) is 0 Å². The molecule has 0 aliphatic rings. The largest absolute Gasteiger partial charge is 0.478 e. The van der Waals surface area contributed by atoms with Crippen molar-refractivity contribution in [1.82, 2.24) is 4.98 Å². The van der Waals surface area contributed by atoms with Gasteiger partial charge in [0.15, 0.2) is 0 Å². The average Bonchev–Trinajstić information content (AvgIpc) is 2.38. The van der Waals surface area contributed by atoms with Crippen molar-refractivity contribution in [2.45, 2.75) is 6.92 Å². The molecule has 0 aliphatic carbocycles. The molecule has 0 atom stereocenters. The molecule has 0 aliphatic heterocycles. The maximum absolute atomic E-state index is 11.2. The first kappa shape index (κ1) is 11.9. The van der Waals surface area contributed by atoms with Crippen LogP contribution in [0.3, 0.4) is 0 Å². The molecule has 5 nitrogen and oxygen atoms in total. The lowest BCUT2D eigenvalue weighted by atomic mass is 10.00. The van der Waals surface area contributed by atoms with Crippen molar-refractivity contribution >= 4 is 11.8 Å². The molecule has 0 saturated heterocycles. The summed E-state index contributed by atoms with van der Waals surface area (Å²) >= 11 is 0. The van der Waals surface area contributed by atoms with Crippen LogP contribution in [0, 0.1) is 11.8 Å². The van der Waals surface area contributed by atoms with Crippen LogP contribution in [0.5, 0.6) is 0 Å². The monoisotopic (exact) mass is 242 g/mol. The van der Waals surface area contributed by atoms with Gasteiger partial charge in [-0.25, -0.2) is 9.78 Å². The summed E-state index contributed by atoms with van der Waals surface area (Å²) in [6, 6.07) is 10.6. The van der Waals surface area contributed by atoms with Crippen molar-refractivity contribution in [2.24, 2.45) is 5.18 Å². The topological polar surface area (TPSA) is 79.6 Å². The van der Waals surface area contributed by atoms with Gasteiger partial charge in [0.2, 0.25) is 5.82 Å². The summed E-state index contributed by atoms with van der Waals surface area (Å²) in [5, 5.41) is 11.9. The summed E-state index contributed by atoms with van der Waals surface area (Å²) in [4.78, 5) is 25.8. The van der Waals surface area contributed by atoms with E-state index in [1.807, 2.05) is 6.07 Å². The van der Waals surface area contributed by atoms with Crippen molar-refractivity contribution in [3.05, 3.63) is 52.6 Å². The zero-order valence-electron chi connectivity index (χ0n) is 9.62. The predicted octanol–water partition coefficient (Wildman–Crippen LogP) is 3.15. The van der Waals surface area contributed by atoms with E-state index < -0.39 is 5.97 Å². The Morgan fingerprint density at radius 2 is 1.94 bits per heavy atom. The van der Waals surface area contributed by atoms with Crippen molar-refractivity contribution in [3.63, 3.8) is 0 Å². The van der Waals surface area contributed by atoms with Gasteiger partial charge in [-0.3, -0.25) is 0 Å². The Kier molecular flexibility index (Phi) is 3.14. The van der Waals surface area contributed by atoms with E-state index in [0.29, 0.717) is 16.8 Å². The number of pyridine rings is 1. The molecule has 0 unspecified atom stereocenters. The Morgan fingerprint density at radius 1 is 1.28 bits per heavy atom. The lowest BCUT2D eigenvalue weighted by Gasteiger charge is -2.08. The first-order valence-electron chi connectivity index (χ1n) is 5.27. The molecule has 0 bridgehead atoms. The van der Waals surface area contributed by atoms with Gasteiger partial charge in [-0.05, 0) is 23.7 Å². The third kappa shape index (κ3) is 2.10. The Morgan fingerprint density at radius 3 is 2.50 bits per heavy atom. The van der Waals surface area contributed by atoms with Crippen molar-refractivity contribution in [1.29, 1.82) is 0 Å². The third-order valence-corrected chi connectivity index (χ3v) is 2.51. The number of benzene rings is 1. The Bertz CT molecular complexity index is 609. The maximum Gasteiger partial charge on any atom is 0.340 e. The van der Waals surface area contributed by atoms with Gasteiger partial charge in [0.25, 0.3) is 0 Å². The van der Waals surface area contributed by atoms with Crippen LogP contribution in [0.4, 0.5) is 5.82 Å². The van der Waals surface area contributed by atoms with Gasteiger partial charge < -0.3 is 5.11 Å². The highest BCUT2D eigenvalue weighted by molar-refractivity contribution is 6.00. The molecule has 2 rings (SSSR count). The molecule has 18 heavy (non-hydrogen) atoms.